The van der Waals surface area contributed by atoms with Crippen LogP contribution >= 0.6 is 11.6 Å². The van der Waals surface area contributed by atoms with E-state index >= 15 is 0 Å². The van der Waals surface area contributed by atoms with E-state index in [9.17, 15) is 4.79 Å². The van der Waals surface area contributed by atoms with Gasteiger partial charge in [-0.2, -0.15) is 9.97 Å². The maximum Gasteiger partial charge on any atom is 0.223 e. The van der Waals surface area contributed by atoms with Crippen LogP contribution in [0.5, 0.6) is 0 Å². The molecule has 1 heterocycles. The Kier molecular flexibility index (Phi) is 6.26. The molecule has 1 rings (SSSR count). The first-order valence-corrected chi connectivity index (χ1v) is 5.99. The highest BCUT2D eigenvalue weighted by molar-refractivity contribution is 6.33. The van der Waals surface area contributed by atoms with Crippen molar-refractivity contribution >= 4 is 35.5 Å². The average Bonchev–Trinajstić information content (AvgIpc) is 2.38. The van der Waals surface area contributed by atoms with Crippen LogP contribution in [0.2, 0.25) is 5.15 Å². The van der Waals surface area contributed by atoms with Crippen LogP contribution < -0.4 is 16.4 Å². The molecule has 1 amide bonds. The third kappa shape index (κ3) is 4.51. The van der Waals surface area contributed by atoms with Gasteiger partial charge in [0.05, 0.1) is 0 Å². The highest BCUT2D eigenvalue weighted by atomic mass is 35.5. The SMILES string of the molecule is Nc1nc(Cl)c(NC=O)c(NCCC(CO)CO)n1. The molecule has 6 N–H and O–H groups in total. The molecule has 0 fully saturated rings. The number of amides is 1. The van der Waals surface area contributed by atoms with Crippen molar-refractivity contribution in [2.45, 2.75) is 6.42 Å². The van der Waals surface area contributed by atoms with E-state index in [0.717, 1.165) is 0 Å². The van der Waals surface area contributed by atoms with Crippen molar-refractivity contribution < 1.29 is 15.0 Å². The second-order valence-electron chi connectivity index (χ2n) is 3.81. The van der Waals surface area contributed by atoms with Crippen LogP contribution in [0.25, 0.3) is 0 Å². The van der Waals surface area contributed by atoms with E-state index in [1.807, 2.05) is 0 Å². The summed E-state index contributed by atoms with van der Waals surface area (Å²) in [5.41, 5.74) is 5.70. The van der Waals surface area contributed by atoms with E-state index in [0.29, 0.717) is 25.2 Å². The van der Waals surface area contributed by atoms with E-state index < -0.39 is 0 Å². The molecule has 0 radical (unpaired) electrons. The van der Waals surface area contributed by atoms with Gasteiger partial charge in [-0.15, -0.1) is 0 Å². The molecule has 106 valence electrons. The van der Waals surface area contributed by atoms with Gasteiger partial charge in [-0.25, -0.2) is 0 Å². The first-order valence-electron chi connectivity index (χ1n) is 5.61. The number of aromatic nitrogens is 2. The molecule has 0 atom stereocenters. The van der Waals surface area contributed by atoms with Crippen LogP contribution in [0.4, 0.5) is 17.5 Å². The largest absolute Gasteiger partial charge is 0.396 e. The van der Waals surface area contributed by atoms with Gasteiger partial charge < -0.3 is 26.6 Å². The number of aliphatic hydroxyl groups excluding tert-OH is 2. The Balaban J connectivity index is 2.73. The number of nitrogens with one attached hydrogen (secondary N) is 2. The normalized spacial score (nSPS) is 10.5. The molecule has 0 spiro atoms. The van der Waals surface area contributed by atoms with E-state index in [1.165, 1.54) is 0 Å². The average molecular weight is 290 g/mol. The maximum atomic E-state index is 10.5. The van der Waals surface area contributed by atoms with Crippen LogP contribution in [0.1, 0.15) is 6.42 Å². The zero-order chi connectivity index (χ0) is 14.3. The van der Waals surface area contributed by atoms with Gasteiger partial charge in [0.1, 0.15) is 5.69 Å². The van der Waals surface area contributed by atoms with E-state index in [1.54, 1.807) is 0 Å². The van der Waals surface area contributed by atoms with Crippen LogP contribution in [0, 0.1) is 5.92 Å². The van der Waals surface area contributed by atoms with Gasteiger partial charge in [0.15, 0.2) is 11.0 Å². The Morgan fingerprint density at radius 3 is 2.63 bits per heavy atom. The zero-order valence-corrected chi connectivity index (χ0v) is 10.9. The summed E-state index contributed by atoms with van der Waals surface area (Å²) in [6, 6.07) is 0. The highest BCUT2D eigenvalue weighted by Gasteiger charge is 2.12. The van der Waals surface area contributed by atoms with Gasteiger partial charge in [0, 0.05) is 25.7 Å². The number of aliphatic hydroxyl groups is 2. The summed E-state index contributed by atoms with van der Waals surface area (Å²) in [6.07, 6.45) is 0.977. The van der Waals surface area contributed by atoms with Crippen molar-refractivity contribution in [2.24, 2.45) is 5.92 Å². The van der Waals surface area contributed by atoms with Gasteiger partial charge in [0.2, 0.25) is 12.4 Å². The minimum Gasteiger partial charge on any atom is -0.396 e. The number of nitrogen functional groups attached to an aromatic ring is 1. The molecule has 0 aliphatic heterocycles. The second-order valence-corrected chi connectivity index (χ2v) is 4.16. The quantitative estimate of drug-likeness (QED) is 0.327. The summed E-state index contributed by atoms with van der Waals surface area (Å²) in [4.78, 5) is 18.1. The molecule has 0 saturated carbocycles. The van der Waals surface area contributed by atoms with E-state index in [-0.39, 0.29) is 35.9 Å². The predicted molar refractivity (Wildman–Crippen MR) is 71.9 cm³/mol. The molecule has 0 aliphatic rings. The summed E-state index contributed by atoms with van der Waals surface area (Å²) in [7, 11) is 0. The third-order valence-electron chi connectivity index (χ3n) is 2.45. The molecular formula is C10H16ClN5O3. The van der Waals surface area contributed by atoms with Crippen LogP contribution in [-0.2, 0) is 4.79 Å². The standard InChI is InChI=1S/C10H16ClN5O3/c11-8-7(14-5-19)9(16-10(12)15-8)13-2-1-6(3-17)4-18/h5-6,17-18H,1-4H2,(H,14,19)(H3,12,13,15,16). The fraction of sp³-hybridized carbons (Fsp3) is 0.500. The molecule has 0 bridgehead atoms. The lowest BCUT2D eigenvalue weighted by Crippen LogP contribution is -2.17. The van der Waals surface area contributed by atoms with Crippen LogP contribution in [-0.4, -0.2) is 46.3 Å². The van der Waals surface area contributed by atoms with Crippen LogP contribution in [0.15, 0.2) is 0 Å². The van der Waals surface area contributed by atoms with Gasteiger partial charge in [-0.05, 0) is 6.42 Å². The van der Waals surface area contributed by atoms with Gasteiger partial charge in [-0.1, -0.05) is 11.6 Å². The molecule has 8 nitrogen and oxygen atoms in total. The number of hydrogen-bond acceptors (Lipinski definition) is 7. The molecule has 1 aromatic heterocycles. The molecule has 1 aromatic rings. The van der Waals surface area contributed by atoms with Crippen molar-refractivity contribution in [2.75, 3.05) is 36.1 Å². The van der Waals surface area contributed by atoms with Crippen molar-refractivity contribution in [1.29, 1.82) is 0 Å². The lowest BCUT2D eigenvalue weighted by molar-refractivity contribution is -0.105. The third-order valence-corrected chi connectivity index (χ3v) is 2.72. The topological polar surface area (TPSA) is 133 Å². The fourth-order valence-electron chi connectivity index (χ4n) is 1.40. The molecule has 0 saturated heterocycles. The maximum absolute atomic E-state index is 10.5. The van der Waals surface area contributed by atoms with Gasteiger partial charge >= 0.3 is 0 Å². The number of halogens is 1. The number of carbonyl (C=O) groups is 1. The fourth-order valence-corrected chi connectivity index (χ4v) is 1.63. The van der Waals surface area contributed by atoms with Gasteiger partial charge in [0.25, 0.3) is 0 Å². The summed E-state index contributed by atoms with van der Waals surface area (Å²) >= 11 is 5.84. The molecule has 0 aromatic carbocycles. The Morgan fingerprint density at radius 1 is 1.37 bits per heavy atom. The number of carbonyl (C=O) groups excluding carboxylic acids is 1. The molecule has 0 aliphatic carbocycles. The summed E-state index contributed by atoms with van der Waals surface area (Å²) < 4.78 is 0. The monoisotopic (exact) mass is 289 g/mol. The molecule has 0 unspecified atom stereocenters. The zero-order valence-electron chi connectivity index (χ0n) is 10.1. The summed E-state index contributed by atoms with van der Waals surface area (Å²) in [5.74, 6) is 0.0497. The Hall–Kier alpha value is -1.64. The number of hydrogen-bond donors (Lipinski definition) is 5. The first kappa shape index (κ1) is 15.4. The molecule has 9 heteroatoms. The number of nitrogens with two attached hydrogens (primary N) is 1. The second kappa shape index (κ2) is 7.72. The van der Waals surface area contributed by atoms with Crippen molar-refractivity contribution in [3.63, 3.8) is 0 Å². The van der Waals surface area contributed by atoms with Crippen molar-refractivity contribution in [1.82, 2.24) is 9.97 Å². The van der Waals surface area contributed by atoms with Gasteiger partial charge in [-0.3, -0.25) is 4.79 Å². The predicted octanol–water partition coefficient (Wildman–Crippen LogP) is -0.317. The van der Waals surface area contributed by atoms with Crippen LogP contribution in [0.3, 0.4) is 0 Å². The number of anilines is 3. The summed E-state index contributed by atoms with van der Waals surface area (Å²) in [6.45, 7) is 0.209. The Labute approximate surface area is 115 Å². The van der Waals surface area contributed by atoms with Crippen molar-refractivity contribution in [3.8, 4) is 0 Å². The lowest BCUT2D eigenvalue weighted by Gasteiger charge is -2.14. The first-order chi connectivity index (χ1) is 9.12. The number of nitrogens with zero attached hydrogens (tertiary/aromatic N) is 2. The van der Waals surface area contributed by atoms with E-state index in [4.69, 9.17) is 27.5 Å². The van der Waals surface area contributed by atoms with Crippen molar-refractivity contribution in [3.05, 3.63) is 5.15 Å². The highest BCUT2D eigenvalue weighted by Crippen LogP contribution is 2.27. The van der Waals surface area contributed by atoms with E-state index in [2.05, 4.69) is 20.6 Å². The summed E-state index contributed by atoms with van der Waals surface area (Å²) in [5, 5.41) is 23.2. The minimum absolute atomic E-state index is 0.0233. The molecule has 19 heavy (non-hydrogen) atoms. The lowest BCUT2D eigenvalue weighted by atomic mass is 10.1. The Bertz CT molecular complexity index is 428. The smallest absolute Gasteiger partial charge is 0.223 e. The Morgan fingerprint density at radius 2 is 2.05 bits per heavy atom. The number of rotatable bonds is 8. The molecular weight excluding hydrogens is 274 g/mol. The minimum atomic E-state index is -0.218.